The molecule has 0 unspecified atom stereocenters. The molecule has 0 aliphatic carbocycles. The molecule has 0 heterocycles. The number of nitrogens with zero attached hydrogens (tertiary/aromatic N) is 1. The third-order valence-corrected chi connectivity index (χ3v) is 4.29. The van der Waals surface area contributed by atoms with Gasteiger partial charge >= 0.3 is 0 Å². The highest BCUT2D eigenvalue weighted by atomic mass is 35.5. The molecule has 7 nitrogen and oxygen atoms in total. The third-order valence-electron chi connectivity index (χ3n) is 4.05. The maximum absolute atomic E-state index is 13.4. The van der Waals surface area contributed by atoms with Crippen molar-refractivity contribution >= 4 is 40.9 Å². The lowest BCUT2D eigenvalue weighted by molar-refractivity contribution is -0.384. The lowest BCUT2D eigenvalue weighted by atomic mass is 10.1. The number of nitro benzene ring substituents is 1. The summed E-state index contributed by atoms with van der Waals surface area (Å²) in [7, 11) is 0. The molecule has 0 radical (unpaired) electrons. The SMILES string of the molecule is O=C(Nc1cccc(F)c1)/C(=C/c1cccc([N+](=O)[O-])c1)NC(=O)c1cccc(Cl)c1. The fourth-order valence-corrected chi connectivity index (χ4v) is 2.83. The highest BCUT2D eigenvalue weighted by molar-refractivity contribution is 6.31. The predicted molar refractivity (Wildman–Crippen MR) is 115 cm³/mol. The zero-order valence-corrected chi connectivity index (χ0v) is 16.6. The van der Waals surface area contributed by atoms with Crippen LogP contribution in [0.3, 0.4) is 0 Å². The number of nitrogens with one attached hydrogen (secondary N) is 2. The molecule has 0 saturated carbocycles. The number of non-ortho nitro benzene ring substituents is 1. The molecular formula is C22H15ClFN3O4. The molecule has 3 aromatic rings. The van der Waals surface area contributed by atoms with E-state index in [0.717, 1.165) is 6.07 Å². The van der Waals surface area contributed by atoms with E-state index in [-0.39, 0.29) is 22.6 Å². The number of carbonyl (C=O) groups excluding carboxylic acids is 2. The van der Waals surface area contributed by atoms with Crippen LogP contribution in [0.5, 0.6) is 0 Å². The Bertz CT molecular complexity index is 1200. The van der Waals surface area contributed by atoms with E-state index in [4.69, 9.17) is 11.6 Å². The number of carbonyl (C=O) groups is 2. The van der Waals surface area contributed by atoms with Crippen molar-refractivity contribution < 1.29 is 18.9 Å². The van der Waals surface area contributed by atoms with E-state index in [1.54, 1.807) is 12.1 Å². The van der Waals surface area contributed by atoms with Gasteiger partial charge in [-0.1, -0.05) is 35.9 Å². The number of rotatable bonds is 6. The fourth-order valence-electron chi connectivity index (χ4n) is 2.64. The predicted octanol–water partition coefficient (Wildman–Crippen LogP) is 4.80. The van der Waals surface area contributed by atoms with Gasteiger partial charge in [0.2, 0.25) is 0 Å². The van der Waals surface area contributed by atoms with E-state index in [0.29, 0.717) is 10.6 Å². The number of nitro groups is 1. The maximum atomic E-state index is 13.4. The fraction of sp³-hybridized carbons (Fsp3) is 0. The van der Waals surface area contributed by atoms with Gasteiger partial charge in [-0.3, -0.25) is 19.7 Å². The van der Waals surface area contributed by atoms with Gasteiger partial charge in [-0.15, -0.1) is 0 Å². The molecule has 0 aliphatic rings. The van der Waals surface area contributed by atoms with Gasteiger partial charge in [0.05, 0.1) is 4.92 Å². The Morgan fingerprint density at radius 1 is 1.00 bits per heavy atom. The van der Waals surface area contributed by atoms with Gasteiger partial charge < -0.3 is 10.6 Å². The Morgan fingerprint density at radius 3 is 2.45 bits per heavy atom. The second-order valence-corrected chi connectivity index (χ2v) is 6.78. The van der Waals surface area contributed by atoms with Crippen molar-refractivity contribution in [1.82, 2.24) is 5.32 Å². The summed E-state index contributed by atoms with van der Waals surface area (Å²) in [5.74, 6) is -1.91. The lowest BCUT2D eigenvalue weighted by Crippen LogP contribution is -2.30. The minimum atomic E-state index is -0.743. The molecule has 0 spiro atoms. The van der Waals surface area contributed by atoms with Crippen molar-refractivity contribution in [2.45, 2.75) is 0 Å². The van der Waals surface area contributed by atoms with Gasteiger partial charge in [0.1, 0.15) is 11.5 Å². The minimum absolute atomic E-state index is 0.173. The van der Waals surface area contributed by atoms with Crippen LogP contribution in [0.2, 0.25) is 5.02 Å². The van der Waals surface area contributed by atoms with E-state index in [2.05, 4.69) is 10.6 Å². The van der Waals surface area contributed by atoms with Crippen molar-refractivity contribution in [3.63, 3.8) is 0 Å². The smallest absolute Gasteiger partial charge is 0.272 e. The van der Waals surface area contributed by atoms with Gasteiger partial charge in [-0.2, -0.15) is 0 Å². The number of benzene rings is 3. The Morgan fingerprint density at radius 2 is 1.74 bits per heavy atom. The van der Waals surface area contributed by atoms with Crippen molar-refractivity contribution in [3.05, 3.63) is 111 Å². The Hall–Kier alpha value is -4.04. The normalized spacial score (nSPS) is 11.0. The van der Waals surface area contributed by atoms with Crippen molar-refractivity contribution in [3.8, 4) is 0 Å². The van der Waals surface area contributed by atoms with Gasteiger partial charge in [0.25, 0.3) is 17.5 Å². The zero-order valence-electron chi connectivity index (χ0n) is 15.8. The van der Waals surface area contributed by atoms with Crippen LogP contribution in [-0.2, 0) is 4.79 Å². The topological polar surface area (TPSA) is 101 Å². The monoisotopic (exact) mass is 439 g/mol. The second-order valence-electron chi connectivity index (χ2n) is 6.34. The average molecular weight is 440 g/mol. The molecule has 3 rings (SSSR count). The summed E-state index contributed by atoms with van der Waals surface area (Å²) in [5, 5.41) is 16.3. The second kappa shape index (κ2) is 9.64. The first-order chi connectivity index (χ1) is 14.8. The van der Waals surface area contributed by atoms with Crippen LogP contribution in [0.15, 0.2) is 78.5 Å². The number of anilines is 1. The number of halogens is 2. The first-order valence-corrected chi connectivity index (χ1v) is 9.29. The van der Waals surface area contributed by atoms with E-state index < -0.39 is 22.6 Å². The summed E-state index contributed by atoms with van der Waals surface area (Å²) < 4.78 is 13.4. The molecule has 0 aliphatic heterocycles. The van der Waals surface area contributed by atoms with Gasteiger partial charge in [-0.05, 0) is 48.0 Å². The molecule has 3 aromatic carbocycles. The molecule has 9 heteroatoms. The summed E-state index contributed by atoms with van der Waals surface area (Å²) in [6.45, 7) is 0. The van der Waals surface area contributed by atoms with E-state index >= 15 is 0 Å². The zero-order chi connectivity index (χ0) is 22.4. The summed E-state index contributed by atoms with van der Waals surface area (Å²) in [4.78, 5) is 35.9. The molecular weight excluding hydrogens is 425 g/mol. The lowest BCUT2D eigenvalue weighted by Gasteiger charge is -2.11. The van der Waals surface area contributed by atoms with E-state index in [1.165, 1.54) is 60.7 Å². The molecule has 31 heavy (non-hydrogen) atoms. The van der Waals surface area contributed by atoms with Crippen LogP contribution in [0.1, 0.15) is 15.9 Å². The molecule has 2 N–H and O–H groups in total. The van der Waals surface area contributed by atoms with Gasteiger partial charge in [0.15, 0.2) is 0 Å². The molecule has 156 valence electrons. The third kappa shape index (κ3) is 5.97. The van der Waals surface area contributed by atoms with Gasteiger partial charge in [-0.25, -0.2) is 4.39 Å². The molecule has 0 bridgehead atoms. The quantitative estimate of drug-likeness (QED) is 0.327. The summed E-state index contributed by atoms with van der Waals surface area (Å²) in [6, 6.07) is 16.9. The Labute approximate surface area is 181 Å². The van der Waals surface area contributed by atoms with Crippen LogP contribution < -0.4 is 10.6 Å². The van der Waals surface area contributed by atoms with Crippen LogP contribution in [-0.4, -0.2) is 16.7 Å². The number of hydrogen-bond acceptors (Lipinski definition) is 4. The van der Waals surface area contributed by atoms with Crippen molar-refractivity contribution in [2.24, 2.45) is 0 Å². The number of hydrogen-bond donors (Lipinski definition) is 2. The highest BCUT2D eigenvalue weighted by Gasteiger charge is 2.16. The first kappa shape index (κ1) is 21.7. The van der Waals surface area contributed by atoms with E-state index in [9.17, 15) is 24.1 Å². The minimum Gasteiger partial charge on any atom is -0.321 e. The largest absolute Gasteiger partial charge is 0.321 e. The Kier molecular flexibility index (Phi) is 6.74. The highest BCUT2D eigenvalue weighted by Crippen LogP contribution is 2.17. The standard InChI is InChI=1S/C22H15ClFN3O4/c23-16-6-2-5-15(12-16)21(28)26-20(11-14-4-1-9-19(10-14)27(30)31)22(29)25-18-8-3-7-17(24)13-18/h1-13H,(H,25,29)(H,26,28)/b20-11-. The average Bonchev–Trinajstić information content (AvgIpc) is 2.73. The first-order valence-electron chi connectivity index (χ1n) is 8.92. The molecule has 0 atom stereocenters. The number of amides is 2. The van der Waals surface area contributed by atoms with Crippen LogP contribution in [0.4, 0.5) is 15.8 Å². The summed E-state index contributed by atoms with van der Waals surface area (Å²) in [6.07, 6.45) is 1.28. The van der Waals surface area contributed by atoms with E-state index in [1.807, 2.05) is 0 Å². The summed E-state index contributed by atoms with van der Waals surface area (Å²) >= 11 is 5.91. The maximum Gasteiger partial charge on any atom is 0.272 e. The van der Waals surface area contributed by atoms with Crippen LogP contribution in [0.25, 0.3) is 6.08 Å². The summed E-state index contributed by atoms with van der Waals surface area (Å²) in [5.41, 5.74) is 0.308. The van der Waals surface area contributed by atoms with Crippen LogP contribution >= 0.6 is 11.6 Å². The van der Waals surface area contributed by atoms with Crippen molar-refractivity contribution in [1.29, 1.82) is 0 Å². The van der Waals surface area contributed by atoms with Crippen LogP contribution in [0, 0.1) is 15.9 Å². The molecule has 2 amide bonds. The molecule has 0 aromatic heterocycles. The van der Waals surface area contributed by atoms with Crippen molar-refractivity contribution in [2.75, 3.05) is 5.32 Å². The molecule has 0 fully saturated rings. The van der Waals surface area contributed by atoms with Gasteiger partial charge in [0, 0.05) is 28.4 Å². The molecule has 0 saturated heterocycles. The Balaban J connectivity index is 1.94.